The Morgan fingerprint density at radius 2 is 1.82 bits per heavy atom. The highest BCUT2D eigenvalue weighted by Gasteiger charge is 2.16. The van der Waals surface area contributed by atoms with Crippen molar-refractivity contribution in [2.24, 2.45) is 0 Å². The largest absolute Gasteiger partial charge is 0.383 e. The van der Waals surface area contributed by atoms with Gasteiger partial charge in [-0.15, -0.1) is 11.3 Å². The number of hydrogen-bond acceptors (Lipinski definition) is 2. The van der Waals surface area contributed by atoms with E-state index in [1.807, 2.05) is 32.0 Å². The molecule has 1 N–H and O–H groups in total. The predicted octanol–water partition coefficient (Wildman–Crippen LogP) is 4.41. The molecule has 0 radical (unpaired) electrons. The SMILES string of the molecule is Cc1ccc(C(O)c2cc(C)c(Cl)s2)c(C)c1. The zero-order chi connectivity index (χ0) is 12.6. The first kappa shape index (κ1) is 12.6. The Balaban J connectivity index is 2.39. The summed E-state index contributed by atoms with van der Waals surface area (Å²) in [5.41, 5.74) is 4.29. The highest BCUT2D eigenvalue weighted by atomic mass is 35.5. The zero-order valence-corrected chi connectivity index (χ0v) is 11.7. The molecule has 0 aliphatic heterocycles. The fraction of sp³-hybridized carbons (Fsp3) is 0.286. The molecule has 1 unspecified atom stereocenters. The third-order valence-electron chi connectivity index (χ3n) is 2.87. The van der Waals surface area contributed by atoms with Crippen molar-refractivity contribution in [2.75, 3.05) is 0 Å². The lowest BCUT2D eigenvalue weighted by atomic mass is 10.00. The molecule has 1 nitrogen and oxygen atoms in total. The van der Waals surface area contributed by atoms with E-state index in [4.69, 9.17) is 11.6 Å². The molecule has 1 heterocycles. The van der Waals surface area contributed by atoms with Crippen molar-refractivity contribution in [1.29, 1.82) is 0 Å². The number of benzene rings is 1. The molecule has 1 aromatic carbocycles. The molecule has 0 amide bonds. The van der Waals surface area contributed by atoms with Gasteiger partial charge in [0.05, 0.1) is 4.34 Å². The lowest BCUT2D eigenvalue weighted by Gasteiger charge is -2.12. The van der Waals surface area contributed by atoms with Crippen molar-refractivity contribution < 1.29 is 5.11 Å². The summed E-state index contributed by atoms with van der Waals surface area (Å²) in [7, 11) is 0. The van der Waals surface area contributed by atoms with Crippen LogP contribution in [0.3, 0.4) is 0 Å². The van der Waals surface area contributed by atoms with Crippen LogP contribution in [0.5, 0.6) is 0 Å². The minimum absolute atomic E-state index is 0.577. The molecule has 0 aliphatic rings. The van der Waals surface area contributed by atoms with E-state index < -0.39 is 6.10 Å². The summed E-state index contributed by atoms with van der Waals surface area (Å²) >= 11 is 7.48. The molecule has 0 bridgehead atoms. The van der Waals surface area contributed by atoms with Crippen molar-refractivity contribution in [3.63, 3.8) is 0 Å². The normalized spacial score (nSPS) is 12.8. The summed E-state index contributed by atoms with van der Waals surface area (Å²) in [4.78, 5) is 0.902. The first-order valence-electron chi connectivity index (χ1n) is 5.50. The zero-order valence-electron chi connectivity index (χ0n) is 10.1. The van der Waals surface area contributed by atoms with Crippen LogP contribution in [0, 0.1) is 20.8 Å². The minimum Gasteiger partial charge on any atom is -0.383 e. The van der Waals surface area contributed by atoms with Gasteiger partial charge in [-0.1, -0.05) is 35.4 Å². The van der Waals surface area contributed by atoms with Gasteiger partial charge < -0.3 is 5.11 Å². The summed E-state index contributed by atoms with van der Waals surface area (Å²) in [6.45, 7) is 6.03. The average Bonchev–Trinajstić information content (AvgIpc) is 2.58. The monoisotopic (exact) mass is 266 g/mol. The smallest absolute Gasteiger partial charge is 0.114 e. The van der Waals surface area contributed by atoms with Crippen molar-refractivity contribution in [1.82, 2.24) is 0 Å². The van der Waals surface area contributed by atoms with Crippen molar-refractivity contribution >= 4 is 22.9 Å². The molecule has 0 saturated carbocycles. The number of hydrogen-bond donors (Lipinski definition) is 1. The molecule has 3 heteroatoms. The van der Waals surface area contributed by atoms with Gasteiger partial charge in [0.25, 0.3) is 0 Å². The summed E-state index contributed by atoms with van der Waals surface area (Å²) in [6, 6.07) is 8.05. The van der Waals surface area contributed by atoms with Crippen LogP contribution in [0.25, 0.3) is 0 Å². The Morgan fingerprint density at radius 3 is 2.35 bits per heavy atom. The maximum absolute atomic E-state index is 10.4. The Morgan fingerprint density at radius 1 is 1.12 bits per heavy atom. The topological polar surface area (TPSA) is 20.2 Å². The van der Waals surface area contributed by atoms with Crippen LogP contribution in [-0.4, -0.2) is 5.11 Å². The molecule has 1 atom stereocenters. The average molecular weight is 267 g/mol. The molecule has 2 rings (SSSR count). The summed E-state index contributed by atoms with van der Waals surface area (Å²) in [6.07, 6.45) is -0.577. The number of halogens is 1. The van der Waals surface area contributed by atoms with Gasteiger partial charge in [-0.05, 0) is 43.5 Å². The third-order valence-corrected chi connectivity index (χ3v) is 4.47. The number of aliphatic hydroxyl groups excluding tert-OH is 1. The molecule has 2 aromatic rings. The van der Waals surface area contributed by atoms with E-state index in [9.17, 15) is 5.11 Å². The fourth-order valence-corrected chi connectivity index (χ4v) is 3.13. The highest BCUT2D eigenvalue weighted by molar-refractivity contribution is 7.16. The van der Waals surface area contributed by atoms with Gasteiger partial charge in [0.15, 0.2) is 0 Å². The predicted molar refractivity (Wildman–Crippen MR) is 74.0 cm³/mol. The van der Waals surface area contributed by atoms with Crippen LogP contribution < -0.4 is 0 Å². The molecular weight excluding hydrogens is 252 g/mol. The molecule has 0 saturated heterocycles. The van der Waals surface area contributed by atoms with Crippen LogP contribution >= 0.6 is 22.9 Å². The van der Waals surface area contributed by atoms with E-state index in [0.717, 1.165) is 25.9 Å². The summed E-state index contributed by atoms with van der Waals surface area (Å²) in [5, 5.41) is 10.4. The number of aliphatic hydroxyl groups is 1. The van der Waals surface area contributed by atoms with Gasteiger partial charge in [-0.3, -0.25) is 0 Å². The lowest BCUT2D eigenvalue weighted by Crippen LogP contribution is -2.00. The van der Waals surface area contributed by atoms with Crippen LogP contribution in [0.15, 0.2) is 24.3 Å². The van der Waals surface area contributed by atoms with Gasteiger partial charge in [-0.2, -0.15) is 0 Å². The first-order chi connectivity index (χ1) is 7.99. The molecule has 17 heavy (non-hydrogen) atoms. The van der Waals surface area contributed by atoms with Gasteiger partial charge in [0.2, 0.25) is 0 Å². The van der Waals surface area contributed by atoms with Crippen LogP contribution in [0.2, 0.25) is 4.34 Å². The second kappa shape index (κ2) is 4.81. The van der Waals surface area contributed by atoms with E-state index in [-0.39, 0.29) is 0 Å². The van der Waals surface area contributed by atoms with E-state index in [2.05, 4.69) is 13.0 Å². The summed E-state index contributed by atoms with van der Waals surface area (Å²) < 4.78 is 0.754. The minimum atomic E-state index is -0.577. The molecule has 0 fully saturated rings. The molecular formula is C14H15ClOS. The highest BCUT2D eigenvalue weighted by Crippen LogP contribution is 2.35. The van der Waals surface area contributed by atoms with Crippen LogP contribution in [0.1, 0.15) is 33.2 Å². The number of aryl methyl sites for hydroxylation is 3. The third kappa shape index (κ3) is 2.54. The molecule has 90 valence electrons. The Bertz CT molecular complexity index is 526. The van der Waals surface area contributed by atoms with Gasteiger partial charge in [0.1, 0.15) is 6.10 Å². The van der Waals surface area contributed by atoms with E-state index >= 15 is 0 Å². The quantitative estimate of drug-likeness (QED) is 0.854. The van der Waals surface area contributed by atoms with Crippen molar-refractivity contribution in [2.45, 2.75) is 26.9 Å². The van der Waals surface area contributed by atoms with Gasteiger partial charge in [0, 0.05) is 4.88 Å². The maximum atomic E-state index is 10.4. The summed E-state index contributed by atoms with van der Waals surface area (Å²) in [5.74, 6) is 0. The lowest BCUT2D eigenvalue weighted by molar-refractivity contribution is 0.223. The molecule has 0 aliphatic carbocycles. The van der Waals surface area contributed by atoms with Crippen LogP contribution in [0.4, 0.5) is 0 Å². The Hall–Kier alpha value is -0.830. The second-order valence-electron chi connectivity index (χ2n) is 4.37. The fourth-order valence-electron chi connectivity index (χ4n) is 1.90. The standard InChI is InChI=1S/C14H15ClOS/c1-8-4-5-11(9(2)6-8)13(16)12-7-10(3)14(15)17-12/h4-7,13,16H,1-3H3. The van der Waals surface area contributed by atoms with Crippen molar-refractivity contribution in [3.05, 3.63) is 55.7 Å². The first-order valence-corrected chi connectivity index (χ1v) is 6.69. The maximum Gasteiger partial charge on any atom is 0.114 e. The van der Waals surface area contributed by atoms with Gasteiger partial charge >= 0.3 is 0 Å². The van der Waals surface area contributed by atoms with Crippen molar-refractivity contribution in [3.8, 4) is 0 Å². The molecule has 1 aromatic heterocycles. The Labute approximate surface area is 111 Å². The van der Waals surface area contributed by atoms with E-state index in [1.54, 1.807) is 0 Å². The number of rotatable bonds is 2. The Kier molecular flexibility index (Phi) is 3.57. The van der Waals surface area contributed by atoms with E-state index in [0.29, 0.717) is 0 Å². The second-order valence-corrected chi connectivity index (χ2v) is 6.05. The number of thiophene rings is 1. The van der Waals surface area contributed by atoms with Crippen LogP contribution in [-0.2, 0) is 0 Å². The van der Waals surface area contributed by atoms with E-state index in [1.165, 1.54) is 16.9 Å². The molecule has 0 spiro atoms. The van der Waals surface area contributed by atoms with Gasteiger partial charge in [-0.25, -0.2) is 0 Å².